The molecule has 0 bridgehead atoms. The summed E-state index contributed by atoms with van der Waals surface area (Å²) in [5.74, 6) is 0. The zero-order valence-electron chi connectivity index (χ0n) is 22.2. The number of aromatic nitrogens is 1. The molecular formula is C34H30BNO2. The Morgan fingerprint density at radius 2 is 1.32 bits per heavy atom. The number of hydrogen-bond acceptors (Lipinski definition) is 3. The maximum Gasteiger partial charge on any atom is 0.494 e. The number of nitrogens with zero attached hydrogens (tertiary/aromatic N) is 1. The van der Waals surface area contributed by atoms with Gasteiger partial charge in [-0.05, 0) is 84.1 Å². The highest BCUT2D eigenvalue weighted by molar-refractivity contribution is 6.62. The highest BCUT2D eigenvalue weighted by Gasteiger charge is 2.53. The normalized spacial score (nSPS) is 20.9. The summed E-state index contributed by atoms with van der Waals surface area (Å²) in [6.07, 6.45) is 3.81. The van der Waals surface area contributed by atoms with Crippen LogP contribution in [0.5, 0.6) is 0 Å². The Morgan fingerprint density at radius 1 is 0.605 bits per heavy atom. The van der Waals surface area contributed by atoms with Crippen molar-refractivity contribution >= 4 is 23.4 Å². The zero-order valence-corrected chi connectivity index (χ0v) is 22.2. The fourth-order valence-corrected chi connectivity index (χ4v) is 6.22. The quantitative estimate of drug-likeness (QED) is 0.251. The average Bonchev–Trinajstić information content (AvgIpc) is 3.35. The molecule has 4 aromatic carbocycles. The lowest BCUT2D eigenvalue weighted by Gasteiger charge is -2.34. The van der Waals surface area contributed by atoms with Gasteiger partial charge in [-0.15, -0.1) is 0 Å². The molecule has 0 saturated carbocycles. The Balaban J connectivity index is 1.53. The number of benzene rings is 4. The molecule has 1 aliphatic carbocycles. The van der Waals surface area contributed by atoms with Crippen LogP contribution in [0, 0.1) is 0 Å². The van der Waals surface area contributed by atoms with Crippen molar-refractivity contribution in [1.29, 1.82) is 0 Å². The van der Waals surface area contributed by atoms with Crippen molar-refractivity contribution in [2.24, 2.45) is 0 Å². The molecule has 0 amide bonds. The van der Waals surface area contributed by atoms with E-state index in [1.807, 2.05) is 12.4 Å². The molecule has 5 aromatic rings. The average molecular weight is 495 g/mol. The first-order valence-corrected chi connectivity index (χ1v) is 13.3. The highest BCUT2D eigenvalue weighted by Crippen LogP contribution is 2.56. The van der Waals surface area contributed by atoms with Crippen LogP contribution in [0.4, 0.5) is 0 Å². The van der Waals surface area contributed by atoms with Crippen LogP contribution in [0.25, 0.3) is 21.9 Å². The van der Waals surface area contributed by atoms with Crippen LogP contribution in [-0.4, -0.2) is 23.3 Å². The monoisotopic (exact) mass is 495 g/mol. The van der Waals surface area contributed by atoms with Crippen LogP contribution >= 0.6 is 0 Å². The van der Waals surface area contributed by atoms with E-state index >= 15 is 0 Å². The molecule has 2 heterocycles. The Labute approximate surface area is 224 Å². The first-order valence-electron chi connectivity index (χ1n) is 13.3. The van der Waals surface area contributed by atoms with Crippen LogP contribution in [-0.2, 0) is 14.7 Å². The third-order valence-electron chi connectivity index (χ3n) is 8.87. The van der Waals surface area contributed by atoms with Crippen molar-refractivity contribution in [3.8, 4) is 11.1 Å². The summed E-state index contributed by atoms with van der Waals surface area (Å²) in [7, 11) is -0.428. The topological polar surface area (TPSA) is 31.4 Å². The van der Waals surface area contributed by atoms with Gasteiger partial charge in [0.2, 0.25) is 0 Å². The Hall–Kier alpha value is -3.73. The predicted octanol–water partition coefficient (Wildman–Crippen LogP) is 6.90. The van der Waals surface area contributed by atoms with Gasteiger partial charge < -0.3 is 9.31 Å². The molecule has 1 fully saturated rings. The lowest BCUT2D eigenvalue weighted by Crippen LogP contribution is -2.41. The third kappa shape index (κ3) is 3.20. The van der Waals surface area contributed by atoms with Crippen LogP contribution < -0.4 is 5.46 Å². The molecule has 1 unspecified atom stereocenters. The summed E-state index contributed by atoms with van der Waals surface area (Å²) >= 11 is 0. The molecule has 1 aromatic heterocycles. The van der Waals surface area contributed by atoms with Gasteiger partial charge in [0.25, 0.3) is 0 Å². The van der Waals surface area contributed by atoms with Gasteiger partial charge in [-0.25, -0.2) is 0 Å². The van der Waals surface area contributed by atoms with Crippen molar-refractivity contribution in [2.75, 3.05) is 0 Å². The SMILES string of the molecule is CC1(C)OB(c2ccc3c(c2)C(c2ccccc2)(c2ccc4ccncc4c2)c2ccccc2-3)OC1(C)C. The van der Waals surface area contributed by atoms with Gasteiger partial charge in [-0.1, -0.05) is 84.9 Å². The minimum Gasteiger partial charge on any atom is -0.399 e. The van der Waals surface area contributed by atoms with Gasteiger partial charge in [0.1, 0.15) is 0 Å². The molecule has 2 aliphatic rings. The van der Waals surface area contributed by atoms with Gasteiger partial charge in [-0.2, -0.15) is 0 Å². The van der Waals surface area contributed by atoms with E-state index in [1.54, 1.807) is 0 Å². The molecule has 38 heavy (non-hydrogen) atoms. The maximum absolute atomic E-state index is 6.49. The summed E-state index contributed by atoms with van der Waals surface area (Å²) < 4.78 is 13.0. The molecule has 0 radical (unpaired) electrons. The molecular weight excluding hydrogens is 465 g/mol. The van der Waals surface area contributed by atoms with Crippen molar-refractivity contribution in [3.05, 3.63) is 132 Å². The van der Waals surface area contributed by atoms with Gasteiger partial charge in [0, 0.05) is 17.8 Å². The smallest absolute Gasteiger partial charge is 0.399 e. The molecule has 4 heteroatoms. The van der Waals surface area contributed by atoms with Crippen LogP contribution in [0.3, 0.4) is 0 Å². The molecule has 186 valence electrons. The third-order valence-corrected chi connectivity index (χ3v) is 8.87. The van der Waals surface area contributed by atoms with E-state index in [0.29, 0.717) is 0 Å². The minimum atomic E-state index is -0.489. The van der Waals surface area contributed by atoms with Crippen LogP contribution in [0.2, 0.25) is 0 Å². The zero-order chi connectivity index (χ0) is 26.1. The summed E-state index contributed by atoms with van der Waals surface area (Å²) in [5, 5.41) is 2.32. The van der Waals surface area contributed by atoms with Gasteiger partial charge in [-0.3, -0.25) is 4.98 Å². The van der Waals surface area contributed by atoms with E-state index in [0.717, 1.165) is 10.8 Å². The molecule has 1 aliphatic heterocycles. The maximum atomic E-state index is 6.49. The van der Waals surface area contributed by atoms with Crippen molar-refractivity contribution in [1.82, 2.24) is 4.98 Å². The Morgan fingerprint density at radius 3 is 2.11 bits per heavy atom. The van der Waals surface area contributed by atoms with Gasteiger partial charge in [0.05, 0.1) is 16.6 Å². The second-order valence-electron chi connectivity index (χ2n) is 11.5. The lowest BCUT2D eigenvalue weighted by molar-refractivity contribution is 0.00578. The second-order valence-corrected chi connectivity index (χ2v) is 11.5. The number of rotatable bonds is 3. The summed E-state index contributed by atoms with van der Waals surface area (Å²) in [6, 6.07) is 35.3. The van der Waals surface area contributed by atoms with Crippen LogP contribution in [0.1, 0.15) is 49.9 Å². The standard InChI is InChI=1S/C34H30BNO2/c1-32(2)33(3,4)38-35(37-32)27-16-17-29-28-12-8-9-13-30(28)34(31(29)21-27,25-10-6-5-7-11-25)26-15-14-23-18-19-36-22-24(23)20-26/h5-22H,1-4H3. The predicted molar refractivity (Wildman–Crippen MR) is 155 cm³/mol. The number of fused-ring (bicyclic) bond motifs is 4. The highest BCUT2D eigenvalue weighted by atomic mass is 16.7. The molecule has 7 rings (SSSR count). The van der Waals surface area contributed by atoms with E-state index in [-0.39, 0.29) is 0 Å². The molecule has 0 N–H and O–H groups in total. The molecule has 3 nitrogen and oxygen atoms in total. The minimum absolute atomic E-state index is 0.401. The second kappa shape index (κ2) is 8.13. The van der Waals surface area contributed by atoms with E-state index < -0.39 is 23.7 Å². The first kappa shape index (κ1) is 23.4. The van der Waals surface area contributed by atoms with Gasteiger partial charge in [0.15, 0.2) is 0 Å². The van der Waals surface area contributed by atoms with E-state index in [4.69, 9.17) is 9.31 Å². The van der Waals surface area contributed by atoms with Crippen LogP contribution in [0.15, 0.2) is 109 Å². The van der Waals surface area contributed by atoms with Crippen molar-refractivity contribution in [3.63, 3.8) is 0 Å². The Kier molecular flexibility index (Phi) is 5.01. The molecule has 0 spiro atoms. The largest absolute Gasteiger partial charge is 0.494 e. The van der Waals surface area contributed by atoms with Crippen molar-refractivity contribution < 1.29 is 9.31 Å². The van der Waals surface area contributed by atoms with Gasteiger partial charge >= 0.3 is 7.12 Å². The lowest BCUT2D eigenvalue weighted by atomic mass is 9.66. The summed E-state index contributed by atoms with van der Waals surface area (Å²) in [5.41, 5.74) is 7.25. The van der Waals surface area contributed by atoms with E-state index in [9.17, 15) is 0 Å². The number of pyridine rings is 1. The fraction of sp³-hybridized carbons (Fsp3) is 0.206. The fourth-order valence-electron chi connectivity index (χ4n) is 6.22. The summed E-state index contributed by atoms with van der Waals surface area (Å²) in [4.78, 5) is 4.43. The summed E-state index contributed by atoms with van der Waals surface area (Å²) in [6.45, 7) is 8.42. The first-order chi connectivity index (χ1) is 18.3. The molecule has 1 atom stereocenters. The van der Waals surface area contributed by atoms with Crippen molar-refractivity contribution in [2.45, 2.75) is 44.3 Å². The number of hydrogen-bond donors (Lipinski definition) is 0. The van der Waals surface area contributed by atoms with E-state index in [1.165, 1.54) is 38.8 Å². The Bertz CT molecular complexity index is 1680. The molecule has 1 saturated heterocycles. The van der Waals surface area contributed by atoms with E-state index in [2.05, 4.69) is 130 Å².